The largest absolute Gasteiger partial charge is 0.329 e. The number of fused-ring (bicyclic) bond motifs is 2. The molecule has 11 nitrogen and oxygen atoms in total. The van der Waals surface area contributed by atoms with E-state index in [1.54, 1.807) is 59.2 Å². The molecule has 40 heavy (non-hydrogen) atoms. The molecular formula is C27H32N6O5S2. The Morgan fingerprint density at radius 3 is 2.25 bits per heavy atom. The summed E-state index contributed by atoms with van der Waals surface area (Å²) >= 11 is 0. The Bertz CT molecular complexity index is 1780. The van der Waals surface area contributed by atoms with Gasteiger partial charge in [-0.25, -0.2) is 16.8 Å². The smallest absolute Gasteiger partial charge is 0.255 e. The Hall–Kier alpha value is -3.20. The Labute approximate surface area is 233 Å². The van der Waals surface area contributed by atoms with E-state index in [9.17, 15) is 21.6 Å². The zero-order valence-electron chi connectivity index (χ0n) is 22.1. The van der Waals surface area contributed by atoms with Crippen molar-refractivity contribution in [3.8, 4) is 0 Å². The molecule has 2 aliphatic heterocycles. The van der Waals surface area contributed by atoms with Crippen LogP contribution in [0.1, 0.15) is 6.92 Å². The number of nitrogens with zero attached hydrogens (tertiary/aromatic N) is 3. The molecule has 4 heterocycles. The maximum atomic E-state index is 12.9. The molecule has 0 spiro atoms. The van der Waals surface area contributed by atoms with Crippen molar-refractivity contribution >= 4 is 41.6 Å². The highest BCUT2D eigenvalue weighted by atomic mass is 32.2. The van der Waals surface area contributed by atoms with E-state index in [2.05, 4.69) is 20.6 Å². The van der Waals surface area contributed by atoms with Crippen LogP contribution in [-0.2, 0) is 20.0 Å². The van der Waals surface area contributed by atoms with Crippen LogP contribution in [0.3, 0.4) is 0 Å². The third kappa shape index (κ3) is 5.53. The first-order valence-electron chi connectivity index (χ1n) is 13.1. The lowest BCUT2D eigenvalue weighted by atomic mass is 10.2. The van der Waals surface area contributed by atoms with Gasteiger partial charge in [-0.15, -0.1) is 0 Å². The van der Waals surface area contributed by atoms with Crippen LogP contribution in [0.25, 0.3) is 21.5 Å². The summed E-state index contributed by atoms with van der Waals surface area (Å²) in [5, 5.41) is 8.77. The Balaban J connectivity index is 0.000000161. The molecule has 2 aromatic carbocycles. The zero-order chi connectivity index (χ0) is 28.3. The number of aromatic amines is 1. The minimum Gasteiger partial charge on any atom is -0.329 e. The number of sulfonamides is 2. The molecule has 2 saturated heterocycles. The summed E-state index contributed by atoms with van der Waals surface area (Å²) < 4.78 is 54.2. The van der Waals surface area contributed by atoms with Crippen molar-refractivity contribution in [2.45, 2.75) is 22.8 Å². The molecule has 212 valence electrons. The van der Waals surface area contributed by atoms with Crippen LogP contribution < -0.4 is 16.2 Å². The molecular weight excluding hydrogens is 552 g/mol. The highest BCUT2D eigenvalue weighted by Crippen LogP contribution is 2.27. The number of hydrogen-bond acceptors (Lipinski definition) is 8. The van der Waals surface area contributed by atoms with Gasteiger partial charge in [-0.2, -0.15) is 8.61 Å². The zero-order valence-corrected chi connectivity index (χ0v) is 23.7. The summed E-state index contributed by atoms with van der Waals surface area (Å²) in [4.78, 5) is 18.9. The van der Waals surface area contributed by atoms with Gasteiger partial charge in [0.1, 0.15) is 0 Å². The third-order valence-corrected chi connectivity index (χ3v) is 11.2. The molecule has 4 aromatic rings. The molecule has 6 rings (SSSR count). The van der Waals surface area contributed by atoms with Crippen LogP contribution in [0.4, 0.5) is 0 Å². The number of pyridine rings is 2. The number of nitrogens with one attached hydrogen (secondary N) is 3. The van der Waals surface area contributed by atoms with Crippen molar-refractivity contribution in [2.75, 3.05) is 45.8 Å². The van der Waals surface area contributed by atoms with E-state index in [4.69, 9.17) is 0 Å². The maximum absolute atomic E-state index is 12.9. The molecule has 13 heteroatoms. The second kappa shape index (κ2) is 11.7. The van der Waals surface area contributed by atoms with E-state index in [0.29, 0.717) is 61.5 Å². The standard InChI is InChI=1S/C14H17N3O2S.C13H15N3O3S/c1-11-9-16-7-8-17(11)20(18,19)14-4-2-3-12-10-15-6-5-13(12)14;17-13-11-2-1-3-12(10(11)4-5-15-13)20(18,19)16-8-6-14-7-9-16/h2-6,10-11,16H,7-9H2,1H3;1-5,14H,6-9H2,(H,15,17). The monoisotopic (exact) mass is 584 g/mol. The Morgan fingerprint density at radius 2 is 1.50 bits per heavy atom. The van der Waals surface area contributed by atoms with Gasteiger partial charge in [0.2, 0.25) is 20.0 Å². The maximum Gasteiger partial charge on any atom is 0.255 e. The molecule has 2 fully saturated rings. The molecule has 0 radical (unpaired) electrons. The highest BCUT2D eigenvalue weighted by Gasteiger charge is 2.32. The second-order valence-electron chi connectivity index (χ2n) is 9.70. The molecule has 0 amide bonds. The fourth-order valence-corrected chi connectivity index (χ4v) is 8.56. The van der Waals surface area contributed by atoms with Gasteiger partial charge in [-0.3, -0.25) is 9.78 Å². The first-order chi connectivity index (χ1) is 19.2. The van der Waals surface area contributed by atoms with Crippen LogP contribution in [0.2, 0.25) is 0 Å². The van der Waals surface area contributed by atoms with Gasteiger partial charge in [0, 0.05) is 92.0 Å². The summed E-state index contributed by atoms with van der Waals surface area (Å²) in [6.45, 7) is 5.99. The van der Waals surface area contributed by atoms with Crippen molar-refractivity contribution in [3.05, 3.63) is 77.5 Å². The fraction of sp³-hybridized carbons (Fsp3) is 0.333. The third-order valence-electron chi connectivity index (χ3n) is 7.14. The molecule has 0 saturated carbocycles. The molecule has 0 bridgehead atoms. The minimum absolute atomic E-state index is 0.0363. The topological polar surface area (TPSA) is 145 Å². The lowest BCUT2D eigenvalue weighted by Crippen LogP contribution is -2.52. The van der Waals surface area contributed by atoms with Gasteiger partial charge in [-0.05, 0) is 37.3 Å². The van der Waals surface area contributed by atoms with Crippen molar-refractivity contribution < 1.29 is 16.8 Å². The molecule has 0 aliphatic carbocycles. The van der Waals surface area contributed by atoms with Crippen LogP contribution in [0, 0.1) is 0 Å². The van der Waals surface area contributed by atoms with Crippen LogP contribution in [0.15, 0.2) is 81.7 Å². The number of aromatic nitrogens is 2. The van der Waals surface area contributed by atoms with Gasteiger partial charge in [-0.1, -0.05) is 18.2 Å². The van der Waals surface area contributed by atoms with Crippen molar-refractivity contribution in [2.24, 2.45) is 0 Å². The first-order valence-corrected chi connectivity index (χ1v) is 16.0. The van der Waals surface area contributed by atoms with Crippen LogP contribution in [-0.4, -0.2) is 87.3 Å². The highest BCUT2D eigenvalue weighted by molar-refractivity contribution is 7.89. The van der Waals surface area contributed by atoms with Gasteiger partial charge >= 0.3 is 0 Å². The van der Waals surface area contributed by atoms with Crippen LogP contribution >= 0.6 is 0 Å². The minimum atomic E-state index is -3.56. The lowest BCUT2D eigenvalue weighted by Gasteiger charge is -2.33. The summed E-state index contributed by atoms with van der Waals surface area (Å²) in [6, 6.07) is 13.5. The Kier molecular flexibility index (Phi) is 8.31. The lowest BCUT2D eigenvalue weighted by molar-refractivity contribution is 0.284. The predicted octanol–water partition coefficient (Wildman–Crippen LogP) is 1.34. The van der Waals surface area contributed by atoms with Crippen molar-refractivity contribution in [1.82, 2.24) is 29.2 Å². The summed E-state index contributed by atoms with van der Waals surface area (Å²) in [6.07, 6.45) is 4.79. The molecule has 1 atom stereocenters. The molecule has 2 aromatic heterocycles. The summed E-state index contributed by atoms with van der Waals surface area (Å²) in [5.41, 5.74) is -0.278. The Morgan fingerprint density at radius 1 is 0.800 bits per heavy atom. The number of benzene rings is 2. The average molecular weight is 585 g/mol. The predicted molar refractivity (Wildman–Crippen MR) is 154 cm³/mol. The number of hydrogen-bond donors (Lipinski definition) is 3. The van der Waals surface area contributed by atoms with E-state index in [1.165, 1.54) is 10.5 Å². The summed E-state index contributed by atoms with van der Waals surface area (Å²) in [5.74, 6) is 0. The van der Waals surface area contributed by atoms with Gasteiger partial charge in [0.05, 0.1) is 9.79 Å². The van der Waals surface area contributed by atoms with E-state index in [-0.39, 0.29) is 16.5 Å². The fourth-order valence-electron chi connectivity index (χ4n) is 5.06. The quantitative estimate of drug-likeness (QED) is 0.326. The van der Waals surface area contributed by atoms with Gasteiger partial charge in [0.25, 0.3) is 5.56 Å². The average Bonchev–Trinajstić information content (AvgIpc) is 2.98. The number of rotatable bonds is 4. The first kappa shape index (κ1) is 28.3. The van der Waals surface area contributed by atoms with Crippen molar-refractivity contribution in [1.29, 1.82) is 0 Å². The van der Waals surface area contributed by atoms with Gasteiger partial charge in [0.15, 0.2) is 0 Å². The van der Waals surface area contributed by atoms with Gasteiger partial charge < -0.3 is 15.6 Å². The molecule has 2 aliphatic rings. The van der Waals surface area contributed by atoms with Crippen LogP contribution in [0.5, 0.6) is 0 Å². The number of H-pyrrole nitrogens is 1. The molecule has 3 N–H and O–H groups in total. The van der Waals surface area contributed by atoms with E-state index < -0.39 is 20.0 Å². The molecule has 1 unspecified atom stereocenters. The normalized spacial score (nSPS) is 19.3. The van der Waals surface area contributed by atoms with Crippen molar-refractivity contribution in [3.63, 3.8) is 0 Å². The summed E-state index contributed by atoms with van der Waals surface area (Å²) in [7, 11) is -7.04. The van der Waals surface area contributed by atoms with E-state index in [1.807, 2.05) is 13.0 Å². The SMILES string of the molecule is CC1CNCCN1S(=O)(=O)c1cccc2cnccc12.O=c1[nH]ccc2c(S(=O)(=O)N3CCNCC3)cccc12. The van der Waals surface area contributed by atoms with E-state index >= 15 is 0 Å². The number of piperazine rings is 2. The second-order valence-corrected chi connectivity index (χ2v) is 13.5. The van der Waals surface area contributed by atoms with E-state index in [0.717, 1.165) is 10.8 Å².